The second kappa shape index (κ2) is 1.55. The van der Waals surface area contributed by atoms with Crippen molar-refractivity contribution in [2.24, 2.45) is 16.1 Å². The molecule has 0 N–H and O–H groups in total. The van der Waals surface area contributed by atoms with Crippen molar-refractivity contribution < 1.29 is 0 Å². The molecule has 0 saturated heterocycles. The van der Waals surface area contributed by atoms with Crippen LogP contribution in [0.2, 0.25) is 0 Å². The quantitative estimate of drug-likeness (QED) is 0.473. The standard InChI is InChI=1S/C7H12N2/c1-6-4-2-3-5-7(6)8-9-7/h6H,2-5H2,1H3. The third-order valence-electron chi connectivity index (χ3n) is 2.58. The van der Waals surface area contributed by atoms with Gasteiger partial charge in [0, 0.05) is 5.92 Å². The molecule has 1 aliphatic carbocycles. The van der Waals surface area contributed by atoms with Crippen molar-refractivity contribution in [1.29, 1.82) is 0 Å². The molecule has 2 rings (SSSR count). The number of hydrogen-bond acceptors (Lipinski definition) is 2. The molecule has 1 unspecified atom stereocenters. The maximum Gasteiger partial charge on any atom is 0.193 e. The first kappa shape index (κ1) is 5.39. The van der Waals surface area contributed by atoms with Crippen LogP contribution in [0.1, 0.15) is 32.6 Å². The van der Waals surface area contributed by atoms with Crippen LogP contribution in [0.15, 0.2) is 10.2 Å². The minimum atomic E-state index is 0.137. The molecule has 1 aliphatic heterocycles. The lowest BCUT2D eigenvalue weighted by atomic mass is 9.83. The van der Waals surface area contributed by atoms with Gasteiger partial charge in [-0.3, -0.25) is 0 Å². The van der Waals surface area contributed by atoms with Crippen molar-refractivity contribution in [3.63, 3.8) is 0 Å². The average Bonchev–Trinajstić information content (AvgIpc) is 2.60. The summed E-state index contributed by atoms with van der Waals surface area (Å²) in [4.78, 5) is 0. The van der Waals surface area contributed by atoms with Crippen LogP contribution < -0.4 is 0 Å². The van der Waals surface area contributed by atoms with E-state index < -0.39 is 0 Å². The molecular formula is C7H12N2. The van der Waals surface area contributed by atoms with Gasteiger partial charge in [-0.05, 0) is 19.3 Å². The summed E-state index contributed by atoms with van der Waals surface area (Å²) in [5, 5.41) is 8.20. The Morgan fingerprint density at radius 2 is 2.11 bits per heavy atom. The maximum absolute atomic E-state index is 4.10. The Morgan fingerprint density at radius 3 is 2.56 bits per heavy atom. The van der Waals surface area contributed by atoms with Gasteiger partial charge in [-0.15, -0.1) is 0 Å². The van der Waals surface area contributed by atoms with Crippen LogP contribution >= 0.6 is 0 Å². The van der Waals surface area contributed by atoms with Crippen LogP contribution in [0.5, 0.6) is 0 Å². The van der Waals surface area contributed by atoms with E-state index in [0.717, 1.165) is 5.92 Å². The molecular weight excluding hydrogens is 112 g/mol. The largest absolute Gasteiger partial charge is 0.193 e. The van der Waals surface area contributed by atoms with Crippen LogP contribution in [-0.2, 0) is 0 Å². The van der Waals surface area contributed by atoms with Crippen molar-refractivity contribution in [3.8, 4) is 0 Å². The molecule has 0 amide bonds. The number of hydrogen-bond donors (Lipinski definition) is 0. The van der Waals surface area contributed by atoms with Crippen molar-refractivity contribution in [2.45, 2.75) is 38.3 Å². The molecule has 2 heteroatoms. The van der Waals surface area contributed by atoms with Gasteiger partial charge in [0.15, 0.2) is 5.66 Å². The fourth-order valence-corrected chi connectivity index (χ4v) is 1.67. The van der Waals surface area contributed by atoms with Gasteiger partial charge in [0.1, 0.15) is 0 Å². The van der Waals surface area contributed by atoms with Gasteiger partial charge in [-0.1, -0.05) is 13.3 Å². The van der Waals surface area contributed by atoms with Gasteiger partial charge in [0.25, 0.3) is 0 Å². The van der Waals surface area contributed by atoms with Crippen LogP contribution in [0.25, 0.3) is 0 Å². The summed E-state index contributed by atoms with van der Waals surface area (Å²) >= 11 is 0. The second-order valence-corrected chi connectivity index (χ2v) is 3.23. The Hall–Kier alpha value is -0.400. The Kier molecular flexibility index (Phi) is 0.930. The second-order valence-electron chi connectivity index (χ2n) is 3.23. The first-order valence-electron chi connectivity index (χ1n) is 3.78. The van der Waals surface area contributed by atoms with Crippen molar-refractivity contribution >= 4 is 0 Å². The fourth-order valence-electron chi connectivity index (χ4n) is 1.67. The highest BCUT2D eigenvalue weighted by atomic mass is 15.4. The Balaban J connectivity index is 2.04. The van der Waals surface area contributed by atoms with Crippen LogP contribution in [0.4, 0.5) is 0 Å². The molecule has 0 bridgehead atoms. The highest BCUT2D eigenvalue weighted by molar-refractivity contribution is 4.99. The SMILES string of the molecule is CC1CCCCC12N=N2. The van der Waals surface area contributed by atoms with Crippen molar-refractivity contribution in [1.82, 2.24) is 0 Å². The zero-order valence-corrected chi connectivity index (χ0v) is 5.80. The molecule has 0 aromatic heterocycles. The third-order valence-corrected chi connectivity index (χ3v) is 2.58. The molecule has 1 heterocycles. The first-order valence-corrected chi connectivity index (χ1v) is 3.78. The van der Waals surface area contributed by atoms with E-state index in [-0.39, 0.29) is 5.66 Å². The minimum absolute atomic E-state index is 0.137. The van der Waals surface area contributed by atoms with Gasteiger partial charge in [-0.25, -0.2) is 0 Å². The monoisotopic (exact) mass is 124 g/mol. The predicted molar refractivity (Wildman–Crippen MR) is 35.2 cm³/mol. The highest BCUT2D eigenvalue weighted by Gasteiger charge is 2.46. The number of rotatable bonds is 0. The van der Waals surface area contributed by atoms with Gasteiger partial charge < -0.3 is 0 Å². The zero-order chi connectivity index (χ0) is 6.32. The summed E-state index contributed by atoms with van der Waals surface area (Å²) in [5.74, 6) is 0.728. The summed E-state index contributed by atoms with van der Waals surface area (Å²) in [6, 6.07) is 0. The lowest BCUT2D eigenvalue weighted by Crippen LogP contribution is -2.25. The summed E-state index contributed by atoms with van der Waals surface area (Å²) in [5.41, 5.74) is 0.137. The molecule has 9 heavy (non-hydrogen) atoms. The van der Waals surface area contributed by atoms with Crippen LogP contribution in [-0.4, -0.2) is 5.66 Å². The normalized spacial score (nSPS) is 37.2. The van der Waals surface area contributed by atoms with Gasteiger partial charge in [0.05, 0.1) is 0 Å². The van der Waals surface area contributed by atoms with E-state index in [4.69, 9.17) is 0 Å². The van der Waals surface area contributed by atoms with Crippen molar-refractivity contribution in [3.05, 3.63) is 0 Å². The van der Waals surface area contributed by atoms with E-state index in [1.165, 1.54) is 25.7 Å². The van der Waals surface area contributed by atoms with E-state index in [1.807, 2.05) is 0 Å². The Bertz CT molecular complexity index is 145. The Morgan fingerprint density at radius 1 is 1.33 bits per heavy atom. The molecule has 1 saturated carbocycles. The molecule has 1 spiro atoms. The summed E-state index contributed by atoms with van der Waals surface area (Å²) in [6.45, 7) is 2.26. The van der Waals surface area contributed by atoms with E-state index >= 15 is 0 Å². The highest BCUT2D eigenvalue weighted by Crippen LogP contribution is 2.46. The molecule has 1 atom stereocenters. The van der Waals surface area contributed by atoms with E-state index in [2.05, 4.69) is 17.2 Å². The third kappa shape index (κ3) is 0.689. The zero-order valence-electron chi connectivity index (χ0n) is 5.80. The van der Waals surface area contributed by atoms with Crippen LogP contribution in [0.3, 0.4) is 0 Å². The predicted octanol–water partition coefficient (Wildman–Crippen LogP) is 2.36. The molecule has 2 aliphatic rings. The molecule has 1 fully saturated rings. The minimum Gasteiger partial charge on any atom is -0.159 e. The van der Waals surface area contributed by atoms with E-state index in [9.17, 15) is 0 Å². The molecule has 0 aromatic rings. The summed E-state index contributed by atoms with van der Waals surface area (Å²) < 4.78 is 0. The summed E-state index contributed by atoms with van der Waals surface area (Å²) in [7, 11) is 0. The lowest BCUT2D eigenvalue weighted by molar-refractivity contribution is 0.288. The summed E-state index contributed by atoms with van der Waals surface area (Å²) in [6.07, 6.45) is 5.26. The number of nitrogens with zero attached hydrogens (tertiary/aromatic N) is 2. The smallest absolute Gasteiger partial charge is 0.159 e. The maximum atomic E-state index is 4.10. The molecule has 50 valence electrons. The average molecular weight is 124 g/mol. The van der Waals surface area contributed by atoms with Crippen molar-refractivity contribution in [2.75, 3.05) is 0 Å². The van der Waals surface area contributed by atoms with Crippen LogP contribution in [0, 0.1) is 5.92 Å². The Labute approximate surface area is 55.4 Å². The topological polar surface area (TPSA) is 24.7 Å². The van der Waals surface area contributed by atoms with E-state index in [1.54, 1.807) is 0 Å². The molecule has 2 nitrogen and oxygen atoms in total. The first-order chi connectivity index (χ1) is 4.33. The van der Waals surface area contributed by atoms with Gasteiger partial charge in [0.2, 0.25) is 0 Å². The lowest BCUT2D eigenvalue weighted by Gasteiger charge is -2.23. The molecule has 0 radical (unpaired) electrons. The van der Waals surface area contributed by atoms with E-state index in [0.29, 0.717) is 0 Å². The molecule has 0 aromatic carbocycles. The van der Waals surface area contributed by atoms with Gasteiger partial charge in [-0.2, -0.15) is 10.2 Å². The fraction of sp³-hybridized carbons (Fsp3) is 1.00. The van der Waals surface area contributed by atoms with Gasteiger partial charge >= 0.3 is 0 Å².